The van der Waals surface area contributed by atoms with Crippen LogP contribution in [0.3, 0.4) is 0 Å². The first-order chi connectivity index (χ1) is 11.9. The molecule has 1 aromatic rings. The molecule has 7 nitrogen and oxygen atoms in total. The number of ketones is 1. The number of quaternary nitrogens is 1. The molecule has 0 saturated carbocycles. The second-order valence-corrected chi connectivity index (χ2v) is 7.33. The fraction of sp³-hybridized carbons (Fsp3) is 0.706. The Morgan fingerprint density at radius 3 is 2.56 bits per heavy atom. The first-order valence-corrected chi connectivity index (χ1v) is 9.69. The lowest BCUT2D eigenvalue weighted by molar-refractivity contribution is -0.893. The van der Waals surface area contributed by atoms with Crippen molar-refractivity contribution < 1.29 is 9.69 Å². The third kappa shape index (κ3) is 5.65. The highest BCUT2D eigenvalue weighted by Gasteiger charge is 2.26. The van der Waals surface area contributed by atoms with Crippen molar-refractivity contribution in [2.45, 2.75) is 57.8 Å². The Hall–Kier alpha value is -1.72. The molecule has 138 valence electrons. The smallest absolute Gasteiger partial charge is 0.192 e. The van der Waals surface area contributed by atoms with E-state index in [4.69, 9.17) is 10.7 Å². The molecule has 2 atom stereocenters. The maximum absolute atomic E-state index is 12.2. The van der Waals surface area contributed by atoms with Crippen molar-refractivity contribution in [3.8, 4) is 6.07 Å². The van der Waals surface area contributed by atoms with Gasteiger partial charge in [0, 0.05) is 18.7 Å². The summed E-state index contributed by atoms with van der Waals surface area (Å²) in [6, 6.07) is 2.16. The second-order valence-electron chi connectivity index (χ2n) is 6.38. The number of nitrogens with one attached hydrogen (secondary N) is 2. The highest BCUT2D eigenvalue weighted by Crippen LogP contribution is 2.22. The molecule has 1 aromatic heterocycles. The molecule has 25 heavy (non-hydrogen) atoms. The highest BCUT2D eigenvalue weighted by molar-refractivity contribution is 7.99. The zero-order valence-electron chi connectivity index (χ0n) is 15.8. The summed E-state index contributed by atoms with van der Waals surface area (Å²) < 4.78 is 2.11. The minimum Gasteiger partial charge on any atom is -0.331 e. The number of thioether (sulfide) groups is 1. The van der Waals surface area contributed by atoms with E-state index < -0.39 is 5.92 Å². The number of hydrogen-bond acceptors (Lipinski definition) is 6. The molecular formula is C17H29N6OS+. The van der Waals surface area contributed by atoms with Crippen LogP contribution in [-0.4, -0.2) is 46.1 Å². The van der Waals surface area contributed by atoms with Crippen LogP contribution >= 0.6 is 11.8 Å². The molecule has 2 N–H and O–H groups in total. The van der Waals surface area contributed by atoms with E-state index in [1.54, 1.807) is 0 Å². The summed E-state index contributed by atoms with van der Waals surface area (Å²) in [6.07, 6.45) is 3.04. The number of rotatable bonds is 11. The Kier molecular flexibility index (Phi) is 8.79. The van der Waals surface area contributed by atoms with E-state index in [0.29, 0.717) is 0 Å². The van der Waals surface area contributed by atoms with Crippen LogP contribution < -0.4 is 4.90 Å². The number of nitrogens with zero attached hydrogens (tertiary/aromatic N) is 4. The largest absolute Gasteiger partial charge is 0.331 e. The molecule has 0 aliphatic rings. The summed E-state index contributed by atoms with van der Waals surface area (Å²) in [7, 11) is 4.21. The van der Waals surface area contributed by atoms with Crippen LogP contribution in [-0.2, 0) is 11.3 Å². The zero-order valence-corrected chi connectivity index (χ0v) is 16.6. The van der Waals surface area contributed by atoms with Gasteiger partial charge in [-0.2, -0.15) is 5.26 Å². The van der Waals surface area contributed by atoms with E-state index in [1.165, 1.54) is 23.6 Å². The standard InChI is InChI=1S/C17H28N6OS/c1-6-8-9-23-16(14(7-2)22(4)5)20-21-17(23)25-11-15(24)13(10-18)12(3)19/h13-14,19H,6-9,11H2,1-5H3/p+1/t13-,14-/m0/s1. The van der Waals surface area contributed by atoms with Gasteiger partial charge in [-0.15, -0.1) is 10.2 Å². The molecule has 0 unspecified atom stereocenters. The number of unbranched alkanes of at least 4 members (excludes halogenated alkanes) is 1. The molecule has 0 saturated heterocycles. The fourth-order valence-corrected chi connectivity index (χ4v) is 3.55. The summed E-state index contributed by atoms with van der Waals surface area (Å²) in [4.78, 5) is 13.5. The van der Waals surface area contributed by atoms with Crippen LogP contribution in [0.5, 0.6) is 0 Å². The number of aromatic nitrogens is 3. The van der Waals surface area contributed by atoms with Gasteiger partial charge in [0.05, 0.1) is 25.9 Å². The second kappa shape index (κ2) is 10.3. The highest BCUT2D eigenvalue weighted by atomic mass is 32.2. The Morgan fingerprint density at radius 2 is 2.08 bits per heavy atom. The van der Waals surface area contributed by atoms with Gasteiger partial charge in [0.1, 0.15) is 12.0 Å². The zero-order chi connectivity index (χ0) is 19.0. The quantitative estimate of drug-likeness (QED) is 0.457. The maximum Gasteiger partial charge on any atom is 0.192 e. The van der Waals surface area contributed by atoms with E-state index in [0.717, 1.165) is 36.8 Å². The lowest BCUT2D eigenvalue weighted by Crippen LogP contribution is -3.06. The number of carbonyl (C=O) groups is 1. The first-order valence-electron chi connectivity index (χ1n) is 8.70. The molecule has 8 heteroatoms. The van der Waals surface area contributed by atoms with Gasteiger partial charge >= 0.3 is 0 Å². The van der Waals surface area contributed by atoms with Crippen molar-refractivity contribution in [3.63, 3.8) is 0 Å². The fourth-order valence-electron chi connectivity index (χ4n) is 2.67. The minimum atomic E-state index is -0.964. The molecule has 1 rings (SSSR count). The van der Waals surface area contributed by atoms with E-state index in [9.17, 15) is 4.79 Å². The van der Waals surface area contributed by atoms with Crippen LogP contribution in [0.15, 0.2) is 5.16 Å². The monoisotopic (exact) mass is 365 g/mol. The summed E-state index contributed by atoms with van der Waals surface area (Å²) in [6.45, 7) is 6.59. The van der Waals surface area contributed by atoms with E-state index in [1.807, 2.05) is 6.07 Å². The predicted octanol–water partition coefficient (Wildman–Crippen LogP) is 1.51. The van der Waals surface area contributed by atoms with Gasteiger partial charge in [0.2, 0.25) is 0 Å². The SMILES string of the molecule is CCCCn1c(SCC(=O)[C@@H](C#N)C(C)=N)nnc1[C@H](CC)[NH+](C)C. The molecule has 0 radical (unpaired) electrons. The molecular weight excluding hydrogens is 336 g/mol. The van der Waals surface area contributed by atoms with Crippen molar-refractivity contribution in [3.05, 3.63) is 5.82 Å². The van der Waals surface area contributed by atoms with Gasteiger partial charge in [-0.05, 0) is 13.3 Å². The van der Waals surface area contributed by atoms with Crippen molar-refractivity contribution in [1.82, 2.24) is 14.8 Å². The van der Waals surface area contributed by atoms with Crippen LogP contribution in [0.4, 0.5) is 0 Å². The van der Waals surface area contributed by atoms with Crippen LogP contribution in [0.1, 0.15) is 51.9 Å². The average molecular weight is 366 g/mol. The lowest BCUT2D eigenvalue weighted by atomic mass is 10.0. The van der Waals surface area contributed by atoms with Crippen molar-refractivity contribution >= 4 is 23.3 Å². The van der Waals surface area contributed by atoms with Crippen LogP contribution in [0, 0.1) is 22.7 Å². The van der Waals surface area contributed by atoms with E-state index >= 15 is 0 Å². The molecule has 0 bridgehead atoms. The molecule has 0 spiro atoms. The van der Waals surface area contributed by atoms with Crippen molar-refractivity contribution in [1.29, 1.82) is 10.7 Å². The number of nitriles is 1. The van der Waals surface area contributed by atoms with Crippen LogP contribution in [0.25, 0.3) is 0 Å². The topological polar surface area (TPSA) is 99.9 Å². The summed E-state index contributed by atoms with van der Waals surface area (Å²) >= 11 is 1.31. The van der Waals surface area contributed by atoms with Crippen molar-refractivity contribution in [2.75, 3.05) is 19.8 Å². The molecule has 0 fully saturated rings. The normalized spacial score (nSPS) is 13.5. The van der Waals surface area contributed by atoms with Gasteiger partial charge in [-0.3, -0.25) is 4.79 Å². The third-order valence-electron chi connectivity index (χ3n) is 4.13. The van der Waals surface area contributed by atoms with Gasteiger partial charge in [-0.25, -0.2) is 0 Å². The Balaban J connectivity index is 2.99. The number of hydrogen-bond donors (Lipinski definition) is 2. The summed E-state index contributed by atoms with van der Waals surface area (Å²) in [5.74, 6) is -0.138. The minimum absolute atomic E-state index is 0.0866. The Bertz CT molecular complexity index is 634. The molecule has 0 aromatic carbocycles. The van der Waals surface area contributed by atoms with Gasteiger partial charge in [-0.1, -0.05) is 32.0 Å². The van der Waals surface area contributed by atoms with Gasteiger partial charge in [0.25, 0.3) is 0 Å². The maximum atomic E-state index is 12.2. The number of carbonyl (C=O) groups excluding carboxylic acids is 1. The van der Waals surface area contributed by atoms with E-state index in [-0.39, 0.29) is 23.3 Å². The Morgan fingerprint density at radius 1 is 1.40 bits per heavy atom. The molecule has 1 heterocycles. The van der Waals surface area contributed by atoms with Gasteiger partial charge < -0.3 is 14.9 Å². The summed E-state index contributed by atoms with van der Waals surface area (Å²) in [5.41, 5.74) is 0.0866. The summed E-state index contributed by atoms with van der Waals surface area (Å²) in [5, 5.41) is 26.0. The van der Waals surface area contributed by atoms with Crippen LogP contribution in [0.2, 0.25) is 0 Å². The Labute approximate surface area is 154 Å². The van der Waals surface area contributed by atoms with Crippen molar-refractivity contribution in [2.24, 2.45) is 5.92 Å². The number of Topliss-reactive ketones (excluding diaryl/α,β-unsaturated/α-hetero) is 1. The first kappa shape index (κ1) is 21.3. The van der Waals surface area contributed by atoms with Gasteiger partial charge in [0.15, 0.2) is 16.8 Å². The predicted molar refractivity (Wildman–Crippen MR) is 99.0 cm³/mol. The lowest BCUT2D eigenvalue weighted by Gasteiger charge is -2.20. The molecule has 0 aliphatic carbocycles. The molecule has 0 aliphatic heterocycles. The average Bonchev–Trinajstić information content (AvgIpc) is 2.94. The third-order valence-corrected chi connectivity index (χ3v) is 5.11. The van der Waals surface area contributed by atoms with E-state index in [2.05, 4.69) is 42.7 Å². The molecule has 0 amide bonds.